The van der Waals surface area contributed by atoms with Crippen molar-refractivity contribution in [1.29, 1.82) is 0 Å². The van der Waals surface area contributed by atoms with E-state index in [4.69, 9.17) is 4.74 Å². The molecule has 0 unspecified atom stereocenters. The Kier molecular flexibility index (Phi) is 4.10. The Morgan fingerprint density at radius 1 is 1.13 bits per heavy atom. The van der Waals surface area contributed by atoms with Crippen LogP contribution in [0.1, 0.15) is 63.5 Å². The minimum Gasteiger partial charge on any atom is -0.359 e. The Hall–Kier alpha value is -1.42. The lowest BCUT2D eigenvalue weighted by Crippen LogP contribution is -2.49. The van der Waals surface area contributed by atoms with Crippen LogP contribution in [0.3, 0.4) is 0 Å². The minimum absolute atomic E-state index is 0.267. The van der Waals surface area contributed by atoms with Crippen molar-refractivity contribution in [2.75, 3.05) is 0 Å². The number of aromatic nitrogens is 1. The Bertz CT molecular complexity index is 546. The van der Waals surface area contributed by atoms with Crippen LogP contribution in [0.15, 0.2) is 24.4 Å². The van der Waals surface area contributed by atoms with E-state index in [1.54, 1.807) is 6.20 Å². The van der Waals surface area contributed by atoms with Crippen LogP contribution in [0.4, 0.5) is 0 Å². The molecule has 124 valence electrons. The summed E-state index contributed by atoms with van der Waals surface area (Å²) in [6, 6.07) is 6.77. The number of carbonyl (C=O) groups excluding carboxylic acids is 1. The highest BCUT2D eigenvalue weighted by atomic mass is 16.5. The van der Waals surface area contributed by atoms with Crippen LogP contribution in [0.25, 0.3) is 0 Å². The first-order valence-electron chi connectivity index (χ1n) is 9.15. The summed E-state index contributed by atoms with van der Waals surface area (Å²) in [5, 5.41) is 0. The van der Waals surface area contributed by atoms with E-state index in [2.05, 4.69) is 9.88 Å². The van der Waals surface area contributed by atoms with E-state index in [1.165, 1.54) is 44.9 Å². The van der Waals surface area contributed by atoms with Gasteiger partial charge >= 0.3 is 0 Å². The van der Waals surface area contributed by atoms with E-state index in [9.17, 15) is 4.79 Å². The normalized spacial score (nSPS) is 23.5. The lowest BCUT2D eigenvalue weighted by molar-refractivity contribution is -0.152. The van der Waals surface area contributed by atoms with E-state index in [-0.39, 0.29) is 5.91 Å². The zero-order chi connectivity index (χ0) is 15.7. The number of carbonyl (C=O) groups is 1. The van der Waals surface area contributed by atoms with Crippen molar-refractivity contribution in [3.05, 3.63) is 30.1 Å². The van der Waals surface area contributed by atoms with Crippen molar-refractivity contribution in [2.24, 2.45) is 0 Å². The smallest absolute Gasteiger partial charge is 0.255 e. The molecule has 3 saturated carbocycles. The lowest BCUT2D eigenvalue weighted by atomic mass is 9.93. The maximum atomic E-state index is 13.2. The quantitative estimate of drug-likeness (QED) is 0.807. The highest BCUT2D eigenvalue weighted by Gasteiger charge is 2.56. The first-order valence-corrected chi connectivity index (χ1v) is 9.15. The fraction of sp³-hybridized carbons (Fsp3) is 0.684. The highest BCUT2D eigenvalue weighted by molar-refractivity contribution is 5.89. The van der Waals surface area contributed by atoms with E-state index < -0.39 is 5.60 Å². The summed E-state index contributed by atoms with van der Waals surface area (Å²) in [6.07, 6.45) is 12.1. The molecular formula is C19H26N2O2. The van der Waals surface area contributed by atoms with E-state index in [1.807, 2.05) is 18.2 Å². The summed E-state index contributed by atoms with van der Waals surface area (Å²) < 4.78 is 6.08. The molecule has 4 rings (SSSR count). The largest absolute Gasteiger partial charge is 0.359 e. The van der Waals surface area contributed by atoms with Gasteiger partial charge in [-0.05, 0) is 50.7 Å². The summed E-state index contributed by atoms with van der Waals surface area (Å²) in [4.78, 5) is 19.7. The van der Waals surface area contributed by atoms with Gasteiger partial charge < -0.3 is 9.64 Å². The molecule has 0 radical (unpaired) electrons. The van der Waals surface area contributed by atoms with Gasteiger partial charge in [-0.15, -0.1) is 0 Å². The first-order chi connectivity index (χ1) is 11.3. The van der Waals surface area contributed by atoms with Crippen molar-refractivity contribution in [3.8, 4) is 0 Å². The summed E-state index contributed by atoms with van der Waals surface area (Å²) in [6.45, 7) is 0.440. The summed E-state index contributed by atoms with van der Waals surface area (Å²) in [7, 11) is 0. The van der Waals surface area contributed by atoms with Crippen molar-refractivity contribution in [1.82, 2.24) is 9.88 Å². The fourth-order valence-electron chi connectivity index (χ4n) is 3.81. The molecule has 3 aliphatic carbocycles. The maximum absolute atomic E-state index is 13.2. The Labute approximate surface area is 138 Å². The molecule has 23 heavy (non-hydrogen) atoms. The first kappa shape index (κ1) is 15.1. The number of rotatable bonds is 6. The van der Waals surface area contributed by atoms with Crippen LogP contribution in [0.2, 0.25) is 0 Å². The summed E-state index contributed by atoms with van der Waals surface area (Å²) >= 11 is 0. The number of ether oxygens (including phenoxy) is 1. The second-order valence-corrected chi connectivity index (χ2v) is 7.34. The minimum atomic E-state index is -0.544. The van der Waals surface area contributed by atoms with Crippen LogP contribution in [0.5, 0.6) is 0 Å². The van der Waals surface area contributed by atoms with E-state index in [0.29, 0.717) is 18.7 Å². The predicted octanol–water partition coefficient (Wildman–Crippen LogP) is 3.45. The monoisotopic (exact) mass is 314 g/mol. The molecule has 0 aromatic carbocycles. The third-order valence-corrected chi connectivity index (χ3v) is 5.46. The molecule has 3 fully saturated rings. The molecule has 3 aliphatic rings. The van der Waals surface area contributed by atoms with Gasteiger partial charge in [0.1, 0.15) is 5.60 Å². The Balaban J connectivity index is 1.43. The highest BCUT2D eigenvalue weighted by Crippen LogP contribution is 2.45. The molecule has 1 aromatic rings. The third-order valence-electron chi connectivity index (χ3n) is 5.46. The molecule has 0 N–H and O–H groups in total. The number of hydrogen-bond acceptors (Lipinski definition) is 3. The van der Waals surface area contributed by atoms with Gasteiger partial charge in [0.25, 0.3) is 5.91 Å². The average molecular weight is 314 g/mol. The molecule has 4 nitrogen and oxygen atoms in total. The van der Waals surface area contributed by atoms with Gasteiger partial charge in [0.2, 0.25) is 0 Å². The van der Waals surface area contributed by atoms with Gasteiger partial charge in [0.15, 0.2) is 0 Å². The van der Waals surface area contributed by atoms with Crippen LogP contribution in [0, 0.1) is 0 Å². The molecule has 0 bridgehead atoms. The van der Waals surface area contributed by atoms with Crippen LogP contribution in [-0.4, -0.2) is 33.5 Å². The van der Waals surface area contributed by atoms with Gasteiger partial charge in [-0.25, -0.2) is 0 Å². The van der Waals surface area contributed by atoms with Gasteiger partial charge in [-0.3, -0.25) is 9.78 Å². The molecule has 0 aliphatic heterocycles. The molecule has 1 heterocycles. The molecule has 0 spiro atoms. The number of hydrogen-bond donors (Lipinski definition) is 0. The number of nitrogens with zero attached hydrogens (tertiary/aromatic N) is 2. The summed E-state index contributed by atoms with van der Waals surface area (Å²) in [5.41, 5.74) is 0.361. The van der Waals surface area contributed by atoms with Crippen LogP contribution >= 0.6 is 0 Å². The van der Waals surface area contributed by atoms with Crippen LogP contribution in [-0.2, 0) is 16.1 Å². The fourth-order valence-corrected chi connectivity index (χ4v) is 3.81. The topological polar surface area (TPSA) is 42.4 Å². The second kappa shape index (κ2) is 6.23. The molecule has 1 aromatic heterocycles. The van der Waals surface area contributed by atoms with Crippen molar-refractivity contribution >= 4 is 5.91 Å². The van der Waals surface area contributed by atoms with E-state index >= 15 is 0 Å². The molecule has 0 atom stereocenters. The number of pyridine rings is 1. The molecular weight excluding hydrogens is 288 g/mol. The molecule has 4 heteroatoms. The Morgan fingerprint density at radius 3 is 2.48 bits per heavy atom. The molecule has 0 saturated heterocycles. The van der Waals surface area contributed by atoms with Crippen molar-refractivity contribution in [3.63, 3.8) is 0 Å². The lowest BCUT2D eigenvalue weighted by Gasteiger charge is -2.37. The molecule has 1 amide bonds. The van der Waals surface area contributed by atoms with Gasteiger partial charge in [-0.2, -0.15) is 0 Å². The third kappa shape index (κ3) is 3.27. The average Bonchev–Trinajstić information content (AvgIpc) is 3.50. The zero-order valence-corrected chi connectivity index (χ0v) is 13.7. The van der Waals surface area contributed by atoms with Gasteiger partial charge in [0.05, 0.1) is 12.3 Å². The maximum Gasteiger partial charge on any atom is 0.255 e. The zero-order valence-electron chi connectivity index (χ0n) is 13.7. The SMILES string of the molecule is O=C(N(C1CCCCC1)C1CC1)C1(OCc2ccccn2)CC1. The second-order valence-electron chi connectivity index (χ2n) is 7.34. The predicted molar refractivity (Wildman–Crippen MR) is 87.7 cm³/mol. The standard InChI is InChI=1S/C19H26N2O2/c22-18(21(17-9-10-17)16-7-2-1-3-8-16)19(11-12-19)23-14-15-6-4-5-13-20-15/h4-6,13,16-17H,1-3,7-12,14H2. The van der Waals surface area contributed by atoms with E-state index in [0.717, 1.165) is 18.5 Å². The summed E-state index contributed by atoms with van der Waals surface area (Å²) in [5.74, 6) is 0.267. The van der Waals surface area contributed by atoms with Crippen molar-refractivity contribution in [2.45, 2.75) is 82.1 Å². The van der Waals surface area contributed by atoms with Crippen molar-refractivity contribution < 1.29 is 9.53 Å². The van der Waals surface area contributed by atoms with Gasteiger partial charge in [0, 0.05) is 18.3 Å². The van der Waals surface area contributed by atoms with Gasteiger partial charge in [-0.1, -0.05) is 25.3 Å². The van der Waals surface area contributed by atoms with Crippen LogP contribution < -0.4 is 0 Å². The Morgan fingerprint density at radius 2 is 1.87 bits per heavy atom. The number of amides is 1.